The highest BCUT2D eigenvalue weighted by Gasteiger charge is 2.30. The van der Waals surface area contributed by atoms with Crippen LogP contribution in [0.5, 0.6) is 0 Å². The van der Waals surface area contributed by atoms with E-state index in [1.807, 2.05) is 24.3 Å². The first kappa shape index (κ1) is 16.4. The summed E-state index contributed by atoms with van der Waals surface area (Å²) in [4.78, 5) is 12.3. The Morgan fingerprint density at radius 3 is 2.08 bits per heavy atom. The molecule has 0 bridgehead atoms. The molecule has 4 nitrogen and oxygen atoms in total. The van der Waals surface area contributed by atoms with Crippen LogP contribution in [0.1, 0.15) is 28.7 Å². The van der Waals surface area contributed by atoms with Crippen LogP contribution in [-0.4, -0.2) is 17.7 Å². The van der Waals surface area contributed by atoms with Crippen LogP contribution in [0, 0.1) is 0 Å². The summed E-state index contributed by atoms with van der Waals surface area (Å²) in [6.07, 6.45) is -1.39. The third-order valence-electron chi connectivity index (χ3n) is 4.87. The number of ether oxygens (including phenoxy) is 1. The predicted molar refractivity (Wildman–Crippen MR) is 100 cm³/mol. The number of anilines is 1. The highest BCUT2D eigenvalue weighted by Crippen LogP contribution is 2.44. The van der Waals surface area contributed by atoms with Crippen molar-refractivity contribution in [3.8, 4) is 11.1 Å². The maximum Gasteiger partial charge on any atom is 0.339 e. The molecule has 0 spiro atoms. The lowest BCUT2D eigenvalue weighted by molar-refractivity contribution is -0.154. The summed E-state index contributed by atoms with van der Waals surface area (Å²) in [5.74, 6) is -0.726. The number of carbonyl (C=O) groups excluding carboxylic acids is 1. The van der Waals surface area contributed by atoms with E-state index in [0.29, 0.717) is 11.3 Å². The van der Waals surface area contributed by atoms with Crippen molar-refractivity contribution in [3.05, 3.63) is 89.5 Å². The molecular formula is C22H19NO3. The van der Waals surface area contributed by atoms with Gasteiger partial charge in [-0.25, -0.2) is 4.79 Å². The van der Waals surface area contributed by atoms with Crippen molar-refractivity contribution in [2.24, 2.45) is 0 Å². The van der Waals surface area contributed by atoms with Crippen LogP contribution < -0.4 is 5.73 Å². The summed E-state index contributed by atoms with van der Waals surface area (Å²) < 4.78 is 5.47. The molecule has 0 aliphatic heterocycles. The SMILES string of the molecule is Nc1ccccc1C(O)C(=O)OCC1c2ccccc2-c2ccccc21. The molecule has 0 saturated carbocycles. The number of aliphatic hydroxyl groups excluding tert-OH is 1. The number of fused-ring (bicyclic) bond motifs is 3. The van der Waals surface area contributed by atoms with Gasteiger partial charge in [-0.05, 0) is 28.3 Å². The van der Waals surface area contributed by atoms with Crippen molar-refractivity contribution >= 4 is 11.7 Å². The Morgan fingerprint density at radius 2 is 1.46 bits per heavy atom. The summed E-state index contributed by atoms with van der Waals surface area (Å²) in [7, 11) is 0. The Kier molecular flexibility index (Phi) is 4.19. The minimum atomic E-state index is -1.39. The van der Waals surface area contributed by atoms with E-state index in [9.17, 15) is 9.90 Å². The molecule has 130 valence electrons. The Hall–Kier alpha value is -3.11. The zero-order valence-electron chi connectivity index (χ0n) is 14.1. The van der Waals surface area contributed by atoms with E-state index in [2.05, 4.69) is 24.3 Å². The molecule has 0 amide bonds. The van der Waals surface area contributed by atoms with Crippen LogP contribution in [0.3, 0.4) is 0 Å². The first-order valence-corrected chi connectivity index (χ1v) is 8.54. The second-order valence-corrected chi connectivity index (χ2v) is 6.39. The molecule has 3 N–H and O–H groups in total. The molecule has 3 aromatic carbocycles. The highest BCUT2D eigenvalue weighted by molar-refractivity contribution is 5.80. The van der Waals surface area contributed by atoms with Crippen molar-refractivity contribution < 1.29 is 14.6 Å². The Balaban J connectivity index is 1.55. The number of benzene rings is 3. The number of para-hydroxylation sites is 1. The van der Waals surface area contributed by atoms with Crippen LogP contribution in [0.2, 0.25) is 0 Å². The maximum atomic E-state index is 12.3. The molecule has 0 aromatic heterocycles. The molecule has 1 aliphatic rings. The smallest absolute Gasteiger partial charge is 0.339 e. The van der Waals surface area contributed by atoms with E-state index in [0.717, 1.165) is 22.3 Å². The minimum Gasteiger partial charge on any atom is -0.463 e. The van der Waals surface area contributed by atoms with E-state index in [4.69, 9.17) is 10.5 Å². The summed E-state index contributed by atoms with van der Waals surface area (Å²) >= 11 is 0. The van der Waals surface area contributed by atoms with Crippen LogP contribution in [0.15, 0.2) is 72.8 Å². The number of rotatable bonds is 4. The average molecular weight is 345 g/mol. The van der Waals surface area contributed by atoms with Crippen molar-refractivity contribution in [2.75, 3.05) is 12.3 Å². The number of hydrogen-bond acceptors (Lipinski definition) is 4. The van der Waals surface area contributed by atoms with E-state index in [-0.39, 0.29) is 12.5 Å². The monoisotopic (exact) mass is 345 g/mol. The molecule has 4 rings (SSSR count). The average Bonchev–Trinajstić information content (AvgIpc) is 3.00. The molecule has 4 heteroatoms. The van der Waals surface area contributed by atoms with Gasteiger partial charge in [-0.2, -0.15) is 0 Å². The molecule has 1 aliphatic carbocycles. The van der Waals surface area contributed by atoms with E-state index >= 15 is 0 Å². The summed E-state index contributed by atoms with van der Waals surface area (Å²) in [6, 6.07) is 23.0. The molecular weight excluding hydrogens is 326 g/mol. The molecule has 0 heterocycles. The van der Waals surface area contributed by atoms with Crippen LogP contribution >= 0.6 is 0 Å². The van der Waals surface area contributed by atoms with Gasteiger partial charge in [0.1, 0.15) is 6.61 Å². The van der Waals surface area contributed by atoms with Crippen LogP contribution in [0.25, 0.3) is 11.1 Å². The quantitative estimate of drug-likeness (QED) is 0.559. The topological polar surface area (TPSA) is 72.5 Å². The van der Waals surface area contributed by atoms with Crippen molar-refractivity contribution in [1.29, 1.82) is 0 Å². The van der Waals surface area contributed by atoms with Gasteiger partial charge >= 0.3 is 5.97 Å². The van der Waals surface area contributed by atoms with E-state index < -0.39 is 12.1 Å². The summed E-state index contributed by atoms with van der Waals surface area (Å²) in [5.41, 5.74) is 11.2. The summed E-state index contributed by atoms with van der Waals surface area (Å²) in [6.45, 7) is 0.177. The standard InChI is InChI=1S/C22H19NO3/c23-20-12-6-5-11-18(20)21(24)22(25)26-13-19-16-9-3-1-7-14(16)15-8-2-4-10-17(15)19/h1-12,19,21,24H,13,23H2. The van der Waals surface area contributed by atoms with Gasteiger partial charge in [0.2, 0.25) is 0 Å². The van der Waals surface area contributed by atoms with Crippen LogP contribution in [0.4, 0.5) is 5.69 Å². The first-order valence-electron chi connectivity index (χ1n) is 8.54. The fourth-order valence-corrected chi connectivity index (χ4v) is 3.57. The number of nitrogens with two attached hydrogens (primary N) is 1. The predicted octanol–water partition coefficient (Wildman–Crippen LogP) is 3.66. The molecule has 1 atom stereocenters. The lowest BCUT2D eigenvalue weighted by Crippen LogP contribution is -2.19. The molecule has 26 heavy (non-hydrogen) atoms. The molecule has 3 aromatic rings. The van der Waals surface area contributed by atoms with Gasteiger partial charge in [0.05, 0.1) is 0 Å². The van der Waals surface area contributed by atoms with Crippen molar-refractivity contribution in [3.63, 3.8) is 0 Å². The Morgan fingerprint density at radius 1 is 0.923 bits per heavy atom. The zero-order chi connectivity index (χ0) is 18.1. The fraction of sp³-hybridized carbons (Fsp3) is 0.136. The molecule has 0 saturated heterocycles. The number of carbonyl (C=O) groups is 1. The van der Waals surface area contributed by atoms with Gasteiger partial charge in [0, 0.05) is 17.2 Å². The summed E-state index contributed by atoms with van der Waals surface area (Å²) in [5, 5.41) is 10.3. The molecule has 0 fully saturated rings. The largest absolute Gasteiger partial charge is 0.463 e. The van der Waals surface area contributed by atoms with Gasteiger partial charge in [0.25, 0.3) is 0 Å². The number of nitrogen functional groups attached to an aromatic ring is 1. The van der Waals surface area contributed by atoms with Crippen molar-refractivity contribution in [2.45, 2.75) is 12.0 Å². The number of esters is 1. The zero-order valence-corrected chi connectivity index (χ0v) is 14.1. The Bertz CT molecular complexity index is 921. The van der Waals surface area contributed by atoms with Gasteiger partial charge in [-0.3, -0.25) is 0 Å². The van der Waals surface area contributed by atoms with Gasteiger partial charge in [0.15, 0.2) is 6.10 Å². The normalized spacial score (nSPS) is 13.7. The number of aliphatic hydroxyl groups is 1. The fourth-order valence-electron chi connectivity index (χ4n) is 3.57. The third-order valence-corrected chi connectivity index (χ3v) is 4.87. The van der Waals surface area contributed by atoms with Crippen LogP contribution in [-0.2, 0) is 9.53 Å². The van der Waals surface area contributed by atoms with Gasteiger partial charge < -0.3 is 15.6 Å². The van der Waals surface area contributed by atoms with Gasteiger partial charge in [-0.15, -0.1) is 0 Å². The maximum absolute atomic E-state index is 12.3. The Labute approximate surface area is 151 Å². The second-order valence-electron chi connectivity index (χ2n) is 6.39. The highest BCUT2D eigenvalue weighted by atomic mass is 16.5. The lowest BCUT2D eigenvalue weighted by atomic mass is 9.98. The third kappa shape index (κ3) is 2.74. The second kappa shape index (κ2) is 6.65. The molecule has 0 radical (unpaired) electrons. The minimum absolute atomic E-state index is 0.0355. The number of hydrogen-bond donors (Lipinski definition) is 2. The van der Waals surface area contributed by atoms with Gasteiger partial charge in [-0.1, -0.05) is 66.7 Å². The van der Waals surface area contributed by atoms with E-state index in [1.54, 1.807) is 24.3 Å². The molecule has 1 unspecified atom stereocenters. The van der Waals surface area contributed by atoms with Crippen molar-refractivity contribution in [1.82, 2.24) is 0 Å². The lowest BCUT2D eigenvalue weighted by Gasteiger charge is -2.17. The first-order chi connectivity index (χ1) is 12.7. The van der Waals surface area contributed by atoms with E-state index in [1.165, 1.54) is 0 Å².